The molecule has 1 aromatic rings. The second-order valence-corrected chi connectivity index (χ2v) is 6.08. The summed E-state index contributed by atoms with van der Waals surface area (Å²) in [7, 11) is 0. The van der Waals surface area contributed by atoms with E-state index in [9.17, 15) is 9.59 Å². The SMILES string of the molecule is CCCCC[C@H](C)NC(=O)[C@@H](NC(=O)c1ccco1)C(C)C. The molecule has 0 bridgehead atoms. The lowest BCUT2D eigenvalue weighted by molar-refractivity contribution is -0.124. The van der Waals surface area contributed by atoms with E-state index in [1.54, 1.807) is 12.1 Å². The number of unbranched alkanes of at least 4 members (excludes halogenated alkanes) is 2. The van der Waals surface area contributed by atoms with Crippen LogP contribution in [0.3, 0.4) is 0 Å². The number of amides is 2. The third-order valence-electron chi connectivity index (χ3n) is 3.61. The van der Waals surface area contributed by atoms with Crippen LogP contribution in [0.2, 0.25) is 0 Å². The summed E-state index contributed by atoms with van der Waals surface area (Å²) in [6.07, 6.45) is 5.83. The van der Waals surface area contributed by atoms with Crippen molar-refractivity contribution in [3.8, 4) is 0 Å². The molecule has 0 radical (unpaired) electrons. The Morgan fingerprint density at radius 1 is 1.18 bits per heavy atom. The molecule has 0 unspecified atom stereocenters. The number of nitrogens with one attached hydrogen (secondary N) is 2. The van der Waals surface area contributed by atoms with Gasteiger partial charge in [-0.2, -0.15) is 0 Å². The highest BCUT2D eigenvalue weighted by Gasteiger charge is 2.26. The summed E-state index contributed by atoms with van der Waals surface area (Å²) in [5.41, 5.74) is 0. The Bertz CT molecular complexity index is 454. The topological polar surface area (TPSA) is 71.3 Å². The van der Waals surface area contributed by atoms with Crippen LogP contribution in [0.25, 0.3) is 0 Å². The summed E-state index contributed by atoms with van der Waals surface area (Å²) in [5, 5.41) is 5.73. The average molecular weight is 308 g/mol. The second kappa shape index (κ2) is 9.28. The van der Waals surface area contributed by atoms with Crippen LogP contribution < -0.4 is 10.6 Å². The van der Waals surface area contributed by atoms with Gasteiger partial charge in [0, 0.05) is 6.04 Å². The zero-order chi connectivity index (χ0) is 16.5. The Morgan fingerprint density at radius 2 is 1.91 bits per heavy atom. The lowest BCUT2D eigenvalue weighted by atomic mass is 10.0. The molecule has 2 N–H and O–H groups in total. The normalized spacial score (nSPS) is 13.7. The van der Waals surface area contributed by atoms with Gasteiger partial charge in [-0.05, 0) is 31.4 Å². The fourth-order valence-electron chi connectivity index (χ4n) is 2.26. The Kier molecular flexibility index (Phi) is 7.71. The van der Waals surface area contributed by atoms with Gasteiger partial charge in [0.2, 0.25) is 5.91 Å². The first kappa shape index (κ1) is 18.3. The van der Waals surface area contributed by atoms with E-state index in [2.05, 4.69) is 17.6 Å². The number of furan rings is 1. The molecule has 5 heteroatoms. The molecular weight excluding hydrogens is 280 g/mol. The van der Waals surface area contributed by atoms with Crippen molar-refractivity contribution in [3.05, 3.63) is 24.2 Å². The van der Waals surface area contributed by atoms with E-state index in [-0.39, 0.29) is 29.5 Å². The molecule has 0 saturated carbocycles. The maximum absolute atomic E-state index is 12.4. The van der Waals surface area contributed by atoms with Crippen LogP contribution >= 0.6 is 0 Å². The van der Waals surface area contributed by atoms with Crippen molar-refractivity contribution in [2.24, 2.45) is 5.92 Å². The average Bonchev–Trinajstić information content (AvgIpc) is 2.98. The summed E-state index contributed by atoms with van der Waals surface area (Å²) >= 11 is 0. The van der Waals surface area contributed by atoms with Gasteiger partial charge in [-0.1, -0.05) is 40.0 Å². The van der Waals surface area contributed by atoms with Crippen molar-refractivity contribution in [1.82, 2.24) is 10.6 Å². The van der Waals surface area contributed by atoms with Crippen molar-refractivity contribution < 1.29 is 14.0 Å². The van der Waals surface area contributed by atoms with Crippen molar-refractivity contribution in [3.63, 3.8) is 0 Å². The van der Waals surface area contributed by atoms with Crippen LogP contribution in [0, 0.1) is 5.92 Å². The third kappa shape index (κ3) is 5.92. The predicted octanol–water partition coefficient (Wildman–Crippen LogP) is 3.12. The van der Waals surface area contributed by atoms with E-state index in [1.807, 2.05) is 20.8 Å². The first-order valence-corrected chi connectivity index (χ1v) is 8.10. The molecular formula is C17H28N2O3. The minimum atomic E-state index is -0.564. The molecule has 124 valence electrons. The maximum atomic E-state index is 12.4. The maximum Gasteiger partial charge on any atom is 0.287 e. The first-order chi connectivity index (χ1) is 10.5. The Labute approximate surface area is 132 Å². The van der Waals surface area contributed by atoms with E-state index in [4.69, 9.17) is 4.42 Å². The second-order valence-electron chi connectivity index (χ2n) is 6.08. The van der Waals surface area contributed by atoms with Crippen LogP contribution in [0.4, 0.5) is 0 Å². The summed E-state index contributed by atoms with van der Waals surface area (Å²) in [6.45, 7) is 7.98. The third-order valence-corrected chi connectivity index (χ3v) is 3.61. The largest absolute Gasteiger partial charge is 0.459 e. The molecule has 0 aliphatic carbocycles. The zero-order valence-electron chi connectivity index (χ0n) is 14.0. The summed E-state index contributed by atoms with van der Waals surface area (Å²) in [5.74, 6) is -0.285. The Hall–Kier alpha value is -1.78. The molecule has 1 aromatic heterocycles. The molecule has 5 nitrogen and oxygen atoms in total. The molecule has 22 heavy (non-hydrogen) atoms. The smallest absolute Gasteiger partial charge is 0.287 e. The molecule has 0 spiro atoms. The fraction of sp³-hybridized carbons (Fsp3) is 0.647. The molecule has 0 aliphatic heterocycles. The van der Waals surface area contributed by atoms with Gasteiger partial charge in [0.25, 0.3) is 5.91 Å². The lowest BCUT2D eigenvalue weighted by Gasteiger charge is -2.23. The number of carbonyl (C=O) groups excluding carboxylic acids is 2. The number of carbonyl (C=O) groups is 2. The van der Waals surface area contributed by atoms with Gasteiger partial charge in [-0.25, -0.2) is 0 Å². The quantitative estimate of drug-likeness (QED) is 0.689. The lowest BCUT2D eigenvalue weighted by Crippen LogP contribution is -2.51. The Morgan fingerprint density at radius 3 is 2.45 bits per heavy atom. The van der Waals surface area contributed by atoms with Gasteiger partial charge >= 0.3 is 0 Å². The molecule has 1 rings (SSSR count). The van der Waals surface area contributed by atoms with Crippen LogP contribution in [-0.4, -0.2) is 23.9 Å². The molecule has 2 atom stereocenters. The number of hydrogen-bond acceptors (Lipinski definition) is 3. The van der Waals surface area contributed by atoms with Crippen molar-refractivity contribution in [1.29, 1.82) is 0 Å². The fourth-order valence-corrected chi connectivity index (χ4v) is 2.26. The molecule has 0 fully saturated rings. The standard InChI is InChI=1S/C17H28N2O3/c1-5-6-7-9-13(4)18-17(21)15(12(2)3)19-16(20)14-10-8-11-22-14/h8,10-13,15H,5-7,9H2,1-4H3,(H,18,21)(H,19,20)/t13-,15-/m0/s1. The van der Waals surface area contributed by atoms with Crippen LogP contribution in [0.5, 0.6) is 0 Å². The van der Waals surface area contributed by atoms with Gasteiger partial charge in [0.05, 0.1) is 6.26 Å². The van der Waals surface area contributed by atoms with Crippen LogP contribution in [0.15, 0.2) is 22.8 Å². The Balaban J connectivity index is 2.55. The monoisotopic (exact) mass is 308 g/mol. The number of rotatable bonds is 9. The predicted molar refractivity (Wildman–Crippen MR) is 86.5 cm³/mol. The highest BCUT2D eigenvalue weighted by molar-refractivity contribution is 5.95. The van der Waals surface area contributed by atoms with Crippen molar-refractivity contribution in [2.75, 3.05) is 0 Å². The van der Waals surface area contributed by atoms with Gasteiger partial charge in [0.1, 0.15) is 6.04 Å². The van der Waals surface area contributed by atoms with Gasteiger partial charge in [-0.15, -0.1) is 0 Å². The van der Waals surface area contributed by atoms with Crippen LogP contribution in [0.1, 0.15) is 63.9 Å². The zero-order valence-corrected chi connectivity index (χ0v) is 14.0. The molecule has 1 heterocycles. The van der Waals surface area contributed by atoms with Crippen molar-refractivity contribution in [2.45, 2.75) is 65.5 Å². The van der Waals surface area contributed by atoms with Crippen molar-refractivity contribution >= 4 is 11.8 Å². The molecule has 0 aromatic carbocycles. The van der Waals surface area contributed by atoms with E-state index in [0.29, 0.717) is 0 Å². The van der Waals surface area contributed by atoms with Gasteiger partial charge < -0.3 is 15.1 Å². The summed E-state index contributed by atoms with van der Waals surface area (Å²) in [4.78, 5) is 24.4. The number of hydrogen-bond donors (Lipinski definition) is 2. The van der Waals surface area contributed by atoms with Gasteiger partial charge in [-0.3, -0.25) is 9.59 Å². The van der Waals surface area contributed by atoms with Crippen LogP contribution in [-0.2, 0) is 4.79 Å². The highest BCUT2D eigenvalue weighted by atomic mass is 16.3. The summed E-state index contributed by atoms with van der Waals surface area (Å²) < 4.78 is 5.06. The minimum Gasteiger partial charge on any atom is -0.459 e. The summed E-state index contributed by atoms with van der Waals surface area (Å²) in [6, 6.07) is 2.78. The minimum absolute atomic E-state index is 0.00162. The van der Waals surface area contributed by atoms with E-state index in [1.165, 1.54) is 12.7 Å². The molecule has 0 aliphatic rings. The molecule has 0 saturated heterocycles. The highest BCUT2D eigenvalue weighted by Crippen LogP contribution is 2.08. The first-order valence-electron chi connectivity index (χ1n) is 8.10. The van der Waals surface area contributed by atoms with E-state index < -0.39 is 6.04 Å². The van der Waals surface area contributed by atoms with E-state index >= 15 is 0 Å². The van der Waals surface area contributed by atoms with Gasteiger partial charge in [0.15, 0.2) is 5.76 Å². The van der Waals surface area contributed by atoms with E-state index in [0.717, 1.165) is 19.3 Å². The molecule has 2 amide bonds.